The van der Waals surface area contributed by atoms with Crippen molar-refractivity contribution in [3.8, 4) is 0 Å². The summed E-state index contributed by atoms with van der Waals surface area (Å²) in [5.74, 6) is 0.769. The van der Waals surface area contributed by atoms with Gasteiger partial charge in [-0.05, 0) is 5.56 Å². The summed E-state index contributed by atoms with van der Waals surface area (Å²) in [4.78, 5) is 15.5. The maximum Gasteiger partial charge on any atom is 0.222 e. The van der Waals surface area contributed by atoms with Gasteiger partial charge in [-0.15, -0.1) is 0 Å². The summed E-state index contributed by atoms with van der Waals surface area (Å²) in [5.41, 5.74) is 1.16. The smallest absolute Gasteiger partial charge is 0.222 e. The molecule has 0 aliphatic heterocycles. The number of guanidine groups is 1. The molecule has 6 nitrogen and oxygen atoms in total. The minimum absolute atomic E-state index is 0.00852. The third-order valence-corrected chi connectivity index (χ3v) is 3.12. The fourth-order valence-corrected chi connectivity index (χ4v) is 1.80. The Hall–Kier alpha value is -2.08. The number of hydrogen-bond donors (Lipinski definition) is 3. The molecule has 1 amide bonds. The maximum atomic E-state index is 11.4. The van der Waals surface area contributed by atoms with E-state index in [2.05, 4.69) is 20.9 Å². The molecule has 0 aliphatic rings. The van der Waals surface area contributed by atoms with E-state index in [4.69, 9.17) is 4.74 Å². The molecule has 0 aliphatic carbocycles. The van der Waals surface area contributed by atoms with Gasteiger partial charge in [-0.25, -0.2) is 0 Å². The number of benzene rings is 1. The van der Waals surface area contributed by atoms with Crippen molar-refractivity contribution in [2.24, 2.45) is 10.9 Å². The van der Waals surface area contributed by atoms with Crippen LogP contribution in [0.25, 0.3) is 0 Å². The number of ether oxygens (including phenoxy) is 1. The molecule has 1 aromatic carbocycles. The largest absolute Gasteiger partial charge is 0.375 e. The molecule has 0 heterocycles. The Kier molecular flexibility index (Phi) is 9.47. The Morgan fingerprint density at radius 2 is 1.74 bits per heavy atom. The van der Waals surface area contributed by atoms with Gasteiger partial charge in [0, 0.05) is 32.6 Å². The summed E-state index contributed by atoms with van der Waals surface area (Å²) in [6.07, 6.45) is 0. The average molecular weight is 320 g/mol. The lowest BCUT2D eigenvalue weighted by Crippen LogP contribution is -2.43. The molecule has 0 atom stereocenters. The van der Waals surface area contributed by atoms with Gasteiger partial charge in [-0.2, -0.15) is 0 Å². The average Bonchev–Trinajstić information content (AvgIpc) is 2.57. The van der Waals surface area contributed by atoms with Crippen molar-refractivity contribution in [2.45, 2.75) is 20.5 Å². The number of aliphatic imine (C=N–C) groups is 1. The molecule has 0 spiro atoms. The fraction of sp³-hybridized carbons (Fsp3) is 0.529. The third kappa shape index (κ3) is 8.83. The van der Waals surface area contributed by atoms with Crippen LogP contribution in [0.15, 0.2) is 35.3 Å². The lowest BCUT2D eigenvalue weighted by molar-refractivity contribution is -0.123. The summed E-state index contributed by atoms with van der Waals surface area (Å²) >= 11 is 0. The van der Waals surface area contributed by atoms with E-state index in [9.17, 15) is 4.79 Å². The molecule has 0 unspecified atom stereocenters. The summed E-state index contributed by atoms with van der Waals surface area (Å²) in [6.45, 7) is 6.82. The van der Waals surface area contributed by atoms with Gasteiger partial charge in [-0.3, -0.25) is 9.79 Å². The molecule has 0 aromatic heterocycles. The number of amides is 1. The standard InChI is InChI=1S/C17H28N4O2/c1-14(2)16(22)19-9-10-20-17(18-3)21-11-12-23-13-15-7-5-4-6-8-15/h4-8,14H,9-13H2,1-3H3,(H,19,22)(H2,18,20,21). The third-order valence-electron chi connectivity index (χ3n) is 3.12. The van der Waals surface area contributed by atoms with Crippen molar-refractivity contribution in [1.82, 2.24) is 16.0 Å². The number of carbonyl (C=O) groups excluding carboxylic acids is 1. The molecule has 23 heavy (non-hydrogen) atoms. The first-order valence-corrected chi connectivity index (χ1v) is 7.97. The van der Waals surface area contributed by atoms with Crippen molar-refractivity contribution < 1.29 is 9.53 Å². The maximum absolute atomic E-state index is 11.4. The SMILES string of the molecule is CN=C(NCCNC(=O)C(C)C)NCCOCc1ccccc1. The first-order chi connectivity index (χ1) is 11.1. The van der Waals surface area contributed by atoms with Crippen molar-refractivity contribution in [3.05, 3.63) is 35.9 Å². The zero-order valence-electron chi connectivity index (χ0n) is 14.3. The number of nitrogens with zero attached hydrogens (tertiary/aromatic N) is 1. The van der Waals surface area contributed by atoms with Crippen molar-refractivity contribution >= 4 is 11.9 Å². The van der Waals surface area contributed by atoms with E-state index in [0.29, 0.717) is 38.8 Å². The predicted molar refractivity (Wildman–Crippen MR) is 93.3 cm³/mol. The topological polar surface area (TPSA) is 74.8 Å². The Morgan fingerprint density at radius 3 is 2.39 bits per heavy atom. The molecular weight excluding hydrogens is 292 g/mol. The molecule has 6 heteroatoms. The van der Waals surface area contributed by atoms with Gasteiger partial charge in [0.2, 0.25) is 5.91 Å². The molecule has 1 rings (SSSR count). The van der Waals surface area contributed by atoms with E-state index in [1.165, 1.54) is 0 Å². The van der Waals surface area contributed by atoms with Gasteiger partial charge in [-0.1, -0.05) is 44.2 Å². The second kappa shape index (κ2) is 11.5. The first kappa shape index (κ1) is 19.0. The Balaban J connectivity index is 2.06. The number of hydrogen-bond acceptors (Lipinski definition) is 3. The van der Waals surface area contributed by atoms with Crippen LogP contribution in [-0.4, -0.2) is 45.2 Å². The van der Waals surface area contributed by atoms with Crippen molar-refractivity contribution in [2.75, 3.05) is 33.3 Å². The minimum Gasteiger partial charge on any atom is -0.375 e. The molecule has 3 N–H and O–H groups in total. The normalized spacial score (nSPS) is 11.4. The molecule has 0 saturated heterocycles. The van der Waals surface area contributed by atoms with Crippen LogP contribution < -0.4 is 16.0 Å². The van der Waals surface area contributed by atoms with Gasteiger partial charge < -0.3 is 20.7 Å². The van der Waals surface area contributed by atoms with Crippen LogP contribution in [0.1, 0.15) is 19.4 Å². The molecule has 0 bridgehead atoms. The van der Waals surface area contributed by atoms with E-state index < -0.39 is 0 Å². The molecule has 0 saturated carbocycles. The van der Waals surface area contributed by atoms with E-state index in [-0.39, 0.29) is 11.8 Å². The fourth-order valence-electron chi connectivity index (χ4n) is 1.80. The monoisotopic (exact) mass is 320 g/mol. The summed E-state index contributed by atoms with van der Waals surface area (Å²) in [5, 5.41) is 9.16. The van der Waals surface area contributed by atoms with Crippen LogP contribution in [-0.2, 0) is 16.1 Å². The van der Waals surface area contributed by atoms with Crippen molar-refractivity contribution in [1.29, 1.82) is 0 Å². The molecule has 0 radical (unpaired) electrons. The zero-order valence-corrected chi connectivity index (χ0v) is 14.3. The molecule has 128 valence electrons. The molecule has 0 fully saturated rings. The molecule has 1 aromatic rings. The van der Waals surface area contributed by atoms with Gasteiger partial charge in [0.1, 0.15) is 0 Å². The second-order valence-electron chi connectivity index (χ2n) is 5.41. The highest BCUT2D eigenvalue weighted by Crippen LogP contribution is 1.99. The Labute approximate surface area is 138 Å². The minimum atomic E-state index is 0.00852. The number of rotatable bonds is 9. The zero-order chi connectivity index (χ0) is 16.9. The van der Waals surface area contributed by atoms with Crippen LogP contribution in [0.5, 0.6) is 0 Å². The lowest BCUT2D eigenvalue weighted by atomic mass is 10.2. The van der Waals surface area contributed by atoms with E-state index in [1.54, 1.807) is 7.05 Å². The van der Waals surface area contributed by atoms with Crippen LogP contribution in [0, 0.1) is 5.92 Å². The Bertz CT molecular complexity index is 475. The number of nitrogens with one attached hydrogen (secondary N) is 3. The summed E-state index contributed by atoms with van der Waals surface area (Å²) in [6, 6.07) is 10.1. The second-order valence-corrected chi connectivity index (χ2v) is 5.41. The van der Waals surface area contributed by atoms with Gasteiger partial charge in [0.25, 0.3) is 0 Å². The lowest BCUT2D eigenvalue weighted by Gasteiger charge is -2.13. The summed E-state index contributed by atoms with van der Waals surface area (Å²) < 4.78 is 5.60. The highest BCUT2D eigenvalue weighted by molar-refractivity contribution is 5.80. The Morgan fingerprint density at radius 1 is 1.09 bits per heavy atom. The summed E-state index contributed by atoms with van der Waals surface area (Å²) in [7, 11) is 1.72. The van der Waals surface area contributed by atoms with E-state index in [0.717, 1.165) is 5.56 Å². The predicted octanol–water partition coefficient (Wildman–Crippen LogP) is 1.14. The van der Waals surface area contributed by atoms with Crippen LogP contribution in [0.2, 0.25) is 0 Å². The van der Waals surface area contributed by atoms with E-state index in [1.807, 2.05) is 44.2 Å². The quantitative estimate of drug-likeness (QED) is 0.362. The first-order valence-electron chi connectivity index (χ1n) is 7.97. The van der Waals surface area contributed by atoms with E-state index >= 15 is 0 Å². The highest BCUT2D eigenvalue weighted by Gasteiger charge is 2.05. The van der Waals surface area contributed by atoms with Crippen molar-refractivity contribution in [3.63, 3.8) is 0 Å². The van der Waals surface area contributed by atoms with Gasteiger partial charge in [0.05, 0.1) is 13.2 Å². The number of carbonyl (C=O) groups is 1. The highest BCUT2D eigenvalue weighted by atomic mass is 16.5. The van der Waals surface area contributed by atoms with Gasteiger partial charge >= 0.3 is 0 Å². The van der Waals surface area contributed by atoms with Gasteiger partial charge in [0.15, 0.2) is 5.96 Å². The van der Waals surface area contributed by atoms with Crippen LogP contribution >= 0.6 is 0 Å². The van der Waals surface area contributed by atoms with Crippen LogP contribution in [0.4, 0.5) is 0 Å². The molecular formula is C17H28N4O2. The van der Waals surface area contributed by atoms with Crippen LogP contribution in [0.3, 0.4) is 0 Å².